The van der Waals surface area contributed by atoms with E-state index in [0.29, 0.717) is 18.4 Å². The summed E-state index contributed by atoms with van der Waals surface area (Å²) in [5, 5.41) is 10.1. The van der Waals surface area contributed by atoms with Gasteiger partial charge in [0.05, 0.1) is 6.54 Å². The summed E-state index contributed by atoms with van der Waals surface area (Å²) in [4.78, 5) is 16.5. The van der Waals surface area contributed by atoms with E-state index in [0.717, 1.165) is 17.3 Å². The first-order valence-corrected chi connectivity index (χ1v) is 8.07. The highest BCUT2D eigenvalue weighted by molar-refractivity contribution is 5.89. The van der Waals surface area contributed by atoms with Crippen molar-refractivity contribution in [3.8, 4) is 0 Å². The maximum atomic E-state index is 12.0. The van der Waals surface area contributed by atoms with Crippen LogP contribution in [0.1, 0.15) is 55.7 Å². The summed E-state index contributed by atoms with van der Waals surface area (Å²) >= 11 is 0. The van der Waals surface area contributed by atoms with Gasteiger partial charge >= 0.3 is 6.03 Å². The number of nitrogens with zero attached hydrogens (tertiary/aromatic N) is 3. The fourth-order valence-electron chi connectivity index (χ4n) is 2.39. The summed E-state index contributed by atoms with van der Waals surface area (Å²) in [6.07, 6.45) is 2.34. The van der Waals surface area contributed by atoms with Gasteiger partial charge in [0, 0.05) is 18.7 Å². The van der Waals surface area contributed by atoms with Gasteiger partial charge < -0.3 is 10.6 Å². The summed E-state index contributed by atoms with van der Waals surface area (Å²) in [7, 11) is 1.86. The molecule has 1 aromatic carbocycles. The van der Waals surface area contributed by atoms with E-state index >= 15 is 0 Å². The van der Waals surface area contributed by atoms with Crippen molar-refractivity contribution >= 4 is 11.7 Å². The fraction of sp³-hybridized carbons (Fsp3) is 0.471. The lowest BCUT2D eigenvalue weighted by molar-refractivity contribution is 0.251. The van der Waals surface area contributed by atoms with Gasteiger partial charge in [0.15, 0.2) is 5.82 Å². The summed E-state index contributed by atoms with van der Waals surface area (Å²) in [6, 6.07) is 7.67. The molecule has 0 saturated heterocycles. The van der Waals surface area contributed by atoms with Gasteiger partial charge in [-0.15, -0.1) is 0 Å². The number of aromatic nitrogens is 3. The van der Waals surface area contributed by atoms with Crippen molar-refractivity contribution in [2.75, 3.05) is 5.32 Å². The van der Waals surface area contributed by atoms with Crippen LogP contribution in [0.5, 0.6) is 0 Å². The third-order valence-corrected chi connectivity index (χ3v) is 4.05. The summed E-state index contributed by atoms with van der Waals surface area (Å²) in [6.45, 7) is 4.66. The van der Waals surface area contributed by atoms with Crippen LogP contribution in [0.15, 0.2) is 24.3 Å². The predicted molar refractivity (Wildman–Crippen MR) is 89.4 cm³/mol. The number of aryl methyl sites for hydroxylation is 1. The van der Waals surface area contributed by atoms with Crippen LogP contribution in [0.4, 0.5) is 10.5 Å². The molecule has 2 N–H and O–H groups in total. The highest BCUT2D eigenvalue weighted by Crippen LogP contribution is 2.37. The van der Waals surface area contributed by atoms with Gasteiger partial charge in [0.25, 0.3) is 0 Å². The molecular formula is C17H23N5O. The summed E-state index contributed by atoms with van der Waals surface area (Å²) in [5.74, 6) is 2.67. The minimum atomic E-state index is -0.238. The third-order valence-electron chi connectivity index (χ3n) is 4.05. The molecule has 0 spiro atoms. The number of hydrogen-bond donors (Lipinski definition) is 2. The number of urea groups is 1. The molecule has 0 bridgehead atoms. The Morgan fingerprint density at radius 3 is 2.61 bits per heavy atom. The van der Waals surface area contributed by atoms with Crippen molar-refractivity contribution in [2.45, 2.75) is 45.1 Å². The molecule has 1 aromatic heterocycles. The van der Waals surface area contributed by atoms with E-state index in [9.17, 15) is 4.79 Å². The van der Waals surface area contributed by atoms with E-state index in [4.69, 9.17) is 0 Å². The molecule has 1 heterocycles. The predicted octanol–water partition coefficient (Wildman–Crippen LogP) is 3.14. The molecule has 0 aliphatic heterocycles. The van der Waals surface area contributed by atoms with Gasteiger partial charge in [-0.05, 0) is 36.5 Å². The topological polar surface area (TPSA) is 71.8 Å². The van der Waals surface area contributed by atoms with Gasteiger partial charge in [0.2, 0.25) is 0 Å². The Morgan fingerprint density at radius 2 is 2.00 bits per heavy atom. The molecule has 122 valence electrons. The number of carbonyl (C=O) groups is 1. The molecule has 2 amide bonds. The van der Waals surface area contributed by atoms with Crippen LogP contribution in [0.2, 0.25) is 0 Å². The largest absolute Gasteiger partial charge is 0.331 e. The van der Waals surface area contributed by atoms with Crippen LogP contribution >= 0.6 is 0 Å². The molecule has 23 heavy (non-hydrogen) atoms. The van der Waals surface area contributed by atoms with Gasteiger partial charge in [0.1, 0.15) is 5.82 Å². The Labute approximate surface area is 136 Å². The van der Waals surface area contributed by atoms with Crippen LogP contribution in [0.25, 0.3) is 0 Å². The van der Waals surface area contributed by atoms with Crippen molar-refractivity contribution in [3.63, 3.8) is 0 Å². The zero-order valence-electron chi connectivity index (χ0n) is 13.8. The quantitative estimate of drug-likeness (QED) is 0.890. The smallest absolute Gasteiger partial charge is 0.319 e. The van der Waals surface area contributed by atoms with Crippen LogP contribution < -0.4 is 10.6 Å². The molecule has 1 aliphatic rings. The molecule has 1 fully saturated rings. The summed E-state index contributed by atoms with van der Waals surface area (Å²) in [5.41, 5.74) is 2.03. The van der Waals surface area contributed by atoms with Gasteiger partial charge in [-0.3, -0.25) is 4.68 Å². The summed E-state index contributed by atoms with van der Waals surface area (Å²) < 4.78 is 1.74. The maximum absolute atomic E-state index is 12.0. The number of anilines is 1. The monoisotopic (exact) mass is 313 g/mol. The van der Waals surface area contributed by atoms with E-state index in [1.807, 2.05) is 31.3 Å². The molecule has 1 saturated carbocycles. The molecule has 6 nitrogen and oxygen atoms in total. The van der Waals surface area contributed by atoms with Crippen molar-refractivity contribution in [3.05, 3.63) is 41.5 Å². The number of amides is 2. The maximum Gasteiger partial charge on any atom is 0.319 e. The van der Waals surface area contributed by atoms with E-state index in [1.165, 1.54) is 18.4 Å². The Bertz CT molecular complexity index is 686. The number of carbonyl (C=O) groups excluding carboxylic acids is 1. The molecule has 3 rings (SSSR count). The van der Waals surface area contributed by atoms with E-state index in [2.05, 4.69) is 34.6 Å². The Hall–Kier alpha value is -2.37. The van der Waals surface area contributed by atoms with Crippen LogP contribution in [-0.4, -0.2) is 20.8 Å². The molecule has 0 unspecified atom stereocenters. The Kier molecular flexibility index (Phi) is 4.32. The zero-order chi connectivity index (χ0) is 16.4. The molecule has 0 atom stereocenters. The number of hydrogen-bond acceptors (Lipinski definition) is 3. The first-order valence-electron chi connectivity index (χ1n) is 8.07. The lowest BCUT2D eigenvalue weighted by atomic mass is 10.0. The second kappa shape index (κ2) is 6.40. The molecule has 2 aromatic rings. The average molecular weight is 313 g/mol. The highest BCUT2D eigenvalue weighted by atomic mass is 16.2. The second-order valence-electron chi connectivity index (χ2n) is 6.37. The van der Waals surface area contributed by atoms with Crippen molar-refractivity contribution in [2.24, 2.45) is 7.05 Å². The Morgan fingerprint density at radius 1 is 1.30 bits per heavy atom. The first kappa shape index (κ1) is 15.5. The molecule has 1 aliphatic carbocycles. The Balaban J connectivity index is 1.53. The van der Waals surface area contributed by atoms with Gasteiger partial charge in [-0.1, -0.05) is 26.0 Å². The first-order chi connectivity index (χ1) is 11.0. The van der Waals surface area contributed by atoms with Crippen LogP contribution in [0, 0.1) is 0 Å². The normalized spacial score (nSPS) is 14.1. The lowest BCUT2D eigenvalue weighted by Crippen LogP contribution is -2.29. The SMILES string of the molecule is CC(C)c1ccc(NC(=O)NCc2nc(C3CC3)nn2C)cc1. The van der Waals surface area contributed by atoms with Crippen LogP contribution in [-0.2, 0) is 13.6 Å². The van der Waals surface area contributed by atoms with Crippen molar-refractivity contribution < 1.29 is 4.79 Å². The molecule has 6 heteroatoms. The number of rotatable bonds is 5. The van der Waals surface area contributed by atoms with Crippen molar-refractivity contribution in [1.82, 2.24) is 20.1 Å². The minimum absolute atomic E-state index is 0.238. The van der Waals surface area contributed by atoms with E-state index in [1.54, 1.807) is 4.68 Å². The lowest BCUT2D eigenvalue weighted by Gasteiger charge is -2.09. The average Bonchev–Trinajstić information content (AvgIpc) is 3.30. The van der Waals surface area contributed by atoms with Crippen LogP contribution in [0.3, 0.4) is 0 Å². The fourth-order valence-corrected chi connectivity index (χ4v) is 2.39. The van der Waals surface area contributed by atoms with E-state index < -0.39 is 0 Å². The minimum Gasteiger partial charge on any atom is -0.331 e. The van der Waals surface area contributed by atoms with Crippen molar-refractivity contribution in [1.29, 1.82) is 0 Å². The zero-order valence-corrected chi connectivity index (χ0v) is 13.8. The second-order valence-corrected chi connectivity index (χ2v) is 6.37. The third kappa shape index (κ3) is 3.88. The van der Waals surface area contributed by atoms with Gasteiger partial charge in [-0.2, -0.15) is 5.10 Å². The molecule has 0 radical (unpaired) electrons. The number of nitrogens with one attached hydrogen (secondary N) is 2. The molecular weight excluding hydrogens is 290 g/mol. The van der Waals surface area contributed by atoms with E-state index in [-0.39, 0.29) is 6.03 Å². The standard InChI is InChI=1S/C17H23N5O/c1-11(2)12-6-8-14(9-7-12)19-17(23)18-10-15-20-16(13-4-5-13)21-22(15)3/h6-9,11,13H,4-5,10H2,1-3H3,(H2,18,19,23). The highest BCUT2D eigenvalue weighted by Gasteiger charge is 2.28. The number of benzene rings is 1. The van der Waals surface area contributed by atoms with Gasteiger partial charge in [-0.25, -0.2) is 9.78 Å².